The molecule has 1 atom stereocenters. The summed E-state index contributed by atoms with van der Waals surface area (Å²) in [5.41, 5.74) is 1.86. The molecular weight excluding hydrogens is 486 g/mol. The number of rotatable bonds is 9. The summed E-state index contributed by atoms with van der Waals surface area (Å²) in [4.78, 5) is 55.0. The number of hydrogen-bond donors (Lipinski definition) is 3. The maximum atomic E-state index is 11.8. The first-order valence-electron chi connectivity index (χ1n) is 11.6. The summed E-state index contributed by atoms with van der Waals surface area (Å²) >= 11 is 0. The van der Waals surface area contributed by atoms with Gasteiger partial charge in [-0.2, -0.15) is 0 Å². The molecule has 13 nitrogen and oxygen atoms in total. The Hall–Kier alpha value is -3.94. The number of nitro groups is 1. The van der Waals surface area contributed by atoms with Gasteiger partial charge in [0.25, 0.3) is 5.69 Å². The van der Waals surface area contributed by atoms with E-state index in [1.165, 1.54) is 12.1 Å². The molecule has 2 heterocycles. The lowest BCUT2D eigenvalue weighted by molar-refractivity contribution is -0.384. The van der Waals surface area contributed by atoms with E-state index in [2.05, 4.69) is 4.98 Å². The average molecular weight is 516 g/mol. The number of pyridine rings is 1. The number of nitro benzene ring substituents is 1. The van der Waals surface area contributed by atoms with Crippen molar-refractivity contribution in [1.82, 2.24) is 19.7 Å². The van der Waals surface area contributed by atoms with Gasteiger partial charge in [-0.1, -0.05) is 18.2 Å². The second-order valence-electron chi connectivity index (χ2n) is 8.93. The number of hydrogen-bond acceptors (Lipinski definition) is 9. The molecule has 37 heavy (non-hydrogen) atoms. The van der Waals surface area contributed by atoms with E-state index in [4.69, 9.17) is 0 Å². The van der Waals surface area contributed by atoms with Gasteiger partial charge >= 0.3 is 17.9 Å². The number of carbonyl (C=O) groups is 3. The zero-order valence-corrected chi connectivity index (χ0v) is 20.1. The summed E-state index contributed by atoms with van der Waals surface area (Å²) in [7, 11) is 0. The van der Waals surface area contributed by atoms with Gasteiger partial charge in [-0.3, -0.25) is 44.2 Å². The minimum Gasteiger partial charge on any atom is -0.480 e. The number of benzene rings is 1. The highest BCUT2D eigenvalue weighted by Crippen LogP contribution is 2.18. The van der Waals surface area contributed by atoms with Crippen molar-refractivity contribution in [3.63, 3.8) is 0 Å². The predicted octanol–water partition coefficient (Wildman–Crippen LogP) is 0.775. The summed E-state index contributed by atoms with van der Waals surface area (Å²) in [5, 5.41) is 39.5. The monoisotopic (exact) mass is 515 g/mol. The smallest absolute Gasteiger partial charge is 0.317 e. The van der Waals surface area contributed by atoms with Crippen LogP contribution in [0.25, 0.3) is 0 Å². The van der Waals surface area contributed by atoms with Gasteiger partial charge in [0.05, 0.1) is 35.9 Å². The Morgan fingerprint density at radius 1 is 0.865 bits per heavy atom. The Morgan fingerprint density at radius 3 is 2.03 bits per heavy atom. The third-order valence-corrected chi connectivity index (χ3v) is 6.01. The third-order valence-electron chi connectivity index (χ3n) is 6.01. The molecule has 0 aliphatic carbocycles. The lowest BCUT2D eigenvalue weighted by atomic mass is 10.0. The molecule has 2 aromatic rings. The van der Waals surface area contributed by atoms with Crippen molar-refractivity contribution in [2.75, 3.05) is 39.3 Å². The number of aromatic nitrogens is 1. The molecule has 198 valence electrons. The number of aliphatic carboxylic acids is 3. The van der Waals surface area contributed by atoms with Crippen molar-refractivity contribution in [3.8, 4) is 0 Å². The molecule has 13 heteroatoms. The van der Waals surface area contributed by atoms with E-state index in [1.54, 1.807) is 45.0 Å². The quantitative estimate of drug-likeness (QED) is 0.316. The fourth-order valence-electron chi connectivity index (χ4n) is 4.38. The van der Waals surface area contributed by atoms with Gasteiger partial charge in [0.15, 0.2) is 0 Å². The summed E-state index contributed by atoms with van der Waals surface area (Å²) < 4.78 is 0. The summed E-state index contributed by atoms with van der Waals surface area (Å²) in [6.45, 7) is 0.189. The van der Waals surface area contributed by atoms with Crippen LogP contribution in [0, 0.1) is 10.1 Å². The minimum atomic E-state index is -1.07. The van der Waals surface area contributed by atoms with Crippen molar-refractivity contribution in [2.24, 2.45) is 0 Å². The molecule has 2 bridgehead atoms. The zero-order chi connectivity index (χ0) is 26.9. The molecule has 0 radical (unpaired) electrons. The van der Waals surface area contributed by atoms with Crippen LogP contribution in [-0.4, -0.2) is 103 Å². The second kappa shape index (κ2) is 12.9. The van der Waals surface area contributed by atoms with Crippen molar-refractivity contribution >= 4 is 23.6 Å². The topological polar surface area (TPSA) is 178 Å². The number of non-ortho nitro benzene ring substituents is 1. The molecule has 1 aromatic heterocycles. The highest BCUT2D eigenvalue weighted by atomic mass is 16.6. The lowest BCUT2D eigenvalue weighted by Gasteiger charge is -2.35. The molecule has 1 aliphatic rings. The number of fused-ring (bicyclic) bond motifs is 2. The molecule has 0 saturated heterocycles. The highest BCUT2D eigenvalue weighted by molar-refractivity contribution is 5.70. The SMILES string of the molecule is O=C(O)CN1CCN(CC(=O)O)C[C@@H](Cc2ccc([N+](=O)[O-])cc2)N(CC(=O)O)Cc2cccc(n2)C1. The van der Waals surface area contributed by atoms with Gasteiger partial charge in [0.1, 0.15) is 0 Å². The van der Waals surface area contributed by atoms with Crippen LogP contribution in [0.3, 0.4) is 0 Å². The molecule has 1 aliphatic heterocycles. The van der Waals surface area contributed by atoms with Gasteiger partial charge in [-0.25, -0.2) is 0 Å². The van der Waals surface area contributed by atoms with Gasteiger partial charge in [0, 0.05) is 50.9 Å². The minimum absolute atomic E-state index is 0.0723. The largest absolute Gasteiger partial charge is 0.480 e. The maximum absolute atomic E-state index is 11.8. The van der Waals surface area contributed by atoms with Crippen LogP contribution >= 0.6 is 0 Å². The van der Waals surface area contributed by atoms with Gasteiger partial charge in [-0.05, 0) is 24.1 Å². The molecule has 0 amide bonds. The van der Waals surface area contributed by atoms with E-state index in [0.29, 0.717) is 17.8 Å². The summed E-state index contributed by atoms with van der Waals surface area (Å²) in [5.74, 6) is -3.14. The van der Waals surface area contributed by atoms with Crippen LogP contribution in [0.1, 0.15) is 17.0 Å². The molecule has 3 N–H and O–H groups in total. The maximum Gasteiger partial charge on any atom is 0.317 e. The van der Waals surface area contributed by atoms with E-state index in [9.17, 15) is 39.8 Å². The Balaban J connectivity index is 1.99. The Labute approximate surface area is 212 Å². The van der Waals surface area contributed by atoms with Crippen LogP contribution in [0.5, 0.6) is 0 Å². The zero-order valence-electron chi connectivity index (χ0n) is 20.1. The fraction of sp³-hybridized carbons (Fsp3) is 0.417. The third kappa shape index (κ3) is 8.90. The Bertz CT molecular complexity index is 1130. The van der Waals surface area contributed by atoms with Crippen LogP contribution in [0.4, 0.5) is 5.69 Å². The van der Waals surface area contributed by atoms with E-state index in [-0.39, 0.29) is 58.0 Å². The van der Waals surface area contributed by atoms with Crippen molar-refractivity contribution in [3.05, 3.63) is 69.5 Å². The van der Waals surface area contributed by atoms with Crippen LogP contribution in [0.15, 0.2) is 42.5 Å². The van der Waals surface area contributed by atoms with Crippen LogP contribution < -0.4 is 0 Å². The van der Waals surface area contributed by atoms with E-state index < -0.39 is 28.9 Å². The Morgan fingerprint density at radius 2 is 1.43 bits per heavy atom. The summed E-state index contributed by atoms with van der Waals surface area (Å²) in [6, 6.07) is 10.8. The predicted molar refractivity (Wildman–Crippen MR) is 130 cm³/mol. The first-order chi connectivity index (χ1) is 17.6. The van der Waals surface area contributed by atoms with E-state index in [1.807, 2.05) is 0 Å². The number of carboxylic acid groups (broad SMARTS) is 3. The highest BCUT2D eigenvalue weighted by Gasteiger charge is 2.27. The Kier molecular flexibility index (Phi) is 9.60. The molecule has 0 unspecified atom stereocenters. The first kappa shape index (κ1) is 27.6. The standard InChI is InChI=1S/C24H29N5O8/c30-22(31)14-26-8-9-27(15-23(32)33)13-21(10-17-4-6-20(7-5-17)29(36)37)28(16-24(34)35)12-19-3-1-2-18(11-26)25-19/h1-7,21H,8-16H2,(H,30,31)(H,32,33)(H,34,35)/t21-/m1/s1. The molecular formula is C24H29N5O8. The van der Waals surface area contributed by atoms with Crippen molar-refractivity contribution in [1.29, 1.82) is 0 Å². The van der Waals surface area contributed by atoms with Gasteiger partial charge in [-0.15, -0.1) is 0 Å². The van der Waals surface area contributed by atoms with E-state index in [0.717, 1.165) is 5.56 Å². The average Bonchev–Trinajstić information content (AvgIpc) is 2.80. The lowest BCUT2D eigenvalue weighted by Crippen LogP contribution is -2.50. The van der Waals surface area contributed by atoms with Gasteiger partial charge in [0.2, 0.25) is 0 Å². The summed E-state index contributed by atoms with van der Waals surface area (Å²) in [6.07, 6.45) is 0.305. The number of nitrogens with zero attached hydrogens (tertiary/aromatic N) is 5. The van der Waals surface area contributed by atoms with Gasteiger partial charge < -0.3 is 15.3 Å². The second-order valence-corrected chi connectivity index (χ2v) is 8.93. The first-order valence-corrected chi connectivity index (χ1v) is 11.6. The normalized spacial score (nSPS) is 17.9. The molecule has 1 aromatic carbocycles. The van der Waals surface area contributed by atoms with Crippen LogP contribution in [-0.2, 0) is 33.9 Å². The number of carboxylic acids is 3. The molecule has 3 rings (SSSR count). The van der Waals surface area contributed by atoms with Crippen molar-refractivity contribution < 1.29 is 34.6 Å². The molecule has 0 saturated carbocycles. The fourth-order valence-corrected chi connectivity index (χ4v) is 4.38. The molecule has 0 spiro atoms. The van der Waals surface area contributed by atoms with Crippen molar-refractivity contribution in [2.45, 2.75) is 25.6 Å². The van der Waals surface area contributed by atoms with Crippen LogP contribution in [0.2, 0.25) is 0 Å². The molecule has 0 fully saturated rings. The van der Waals surface area contributed by atoms with E-state index >= 15 is 0 Å².